The van der Waals surface area contributed by atoms with Gasteiger partial charge in [-0.2, -0.15) is 0 Å². The summed E-state index contributed by atoms with van der Waals surface area (Å²) in [5, 5.41) is 0. The monoisotopic (exact) mass is 242 g/mol. The van der Waals surface area contributed by atoms with Gasteiger partial charge in [0.15, 0.2) is 0 Å². The second-order valence-electron chi connectivity index (χ2n) is 5.19. The average Bonchev–Trinajstić information content (AvgIpc) is 2.34. The van der Waals surface area contributed by atoms with Crippen LogP contribution in [0.2, 0.25) is 0 Å². The second kappa shape index (κ2) is 7.67. The number of nitrogens with zero attached hydrogens (tertiary/aromatic N) is 1. The number of carbonyl (C=O) groups is 1. The first-order valence-corrected chi connectivity index (χ1v) is 6.72. The largest absolute Gasteiger partial charge is 0.377 e. The Balaban J connectivity index is 2.25. The maximum atomic E-state index is 12.0. The van der Waals surface area contributed by atoms with Crippen LogP contribution < -0.4 is 5.73 Å². The SMILES string of the molecule is CC(C)CCCCC(=O)N1CCOCC1CN. The van der Waals surface area contributed by atoms with Gasteiger partial charge in [0.25, 0.3) is 0 Å². The van der Waals surface area contributed by atoms with Crippen molar-refractivity contribution in [3.05, 3.63) is 0 Å². The van der Waals surface area contributed by atoms with Crippen LogP contribution >= 0.6 is 0 Å². The highest BCUT2D eigenvalue weighted by atomic mass is 16.5. The van der Waals surface area contributed by atoms with E-state index in [4.69, 9.17) is 10.5 Å². The summed E-state index contributed by atoms with van der Waals surface area (Å²) in [5.74, 6) is 0.970. The van der Waals surface area contributed by atoms with Crippen molar-refractivity contribution in [1.29, 1.82) is 0 Å². The van der Waals surface area contributed by atoms with Gasteiger partial charge in [-0.1, -0.05) is 26.7 Å². The highest BCUT2D eigenvalue weighted by Crippen LogP contribution is 2.12. The molecule has 1 unspecified atom stereocenters. The maximum Gasteiger partial charge on any atom is 0.223 e. The molecule has 1 rings (SSSR count). The molecule has 1 atom stereocenters. The summed E-state index contributed by atoms with van der Waals surface area (Å²) in [6.45, 7) is 6.87. The first-order chi connectivity index (χ1) is 8.15. The molecule has 0 radical (unpaired) electrons. The topological polar surface area (TPSA) is 55.6 Å². The van der Waals surface area contributed by atoms with E-state index in [1.54, 1.807) is 0 Å². The molecule has 1 amide bonds. The van der Waals surface area contributed by atoms with Crippen LogP contribution in [0.25, 0.3) is 0 Å². The molecule has 1 fully saturated rings. The van der Waals surface area contributed by atoms with Crippen LogP contribution in [0.4, 0.5) is 0 Å². The highest BCUT2D eigenvalue weighted by Gasteiger charge is 2.25. The molecule has 1 saturated heterocycles. The lowest BCUT2D eigenvalue weighted by Crippen LogP contribution is -2.51. The zero-order chi connectivity index (χ0) is 12.7. The minimum Gasteiger partial charge on any atom is -0.377 e. The normalized spacial score (nSPS) is 20.9. The number of hydrogen-bond acceptors (Lipinski definition) is 3. The van der Waals surface area contributed by atoms with Crippen LogP contribution in [-0.4, -0.2) is 43.2 Å². The smallest absolute Gasteiger partial charge is 0.223 e. The number of hydrogen-bond donors (Lipinski definition) is 1. The van der Waals surface area contributed by atoms with E-state index in [-0.39, 0.29) is 11.9 Å². The van der Waals surface area contributed by atoms with E-state index in [2.05, 4.69) is 13.8 Å². The summed E-state index contributed by atoms with van der Waals surface area (Å²) < 4.78 is 5.34. The molecular formula is C13H26N2O2. The van der Waals surface area contributed by atoms with Crippen molar-refractivity contribution in [2.45, 2.75) is 45.6 Å². The second-order valence-corrected chi connectivity index (χ2v) is 5.19. The van der Waals surface area contributed by atoms with Gasteiger partial charge in [-0.3, -0.25) is 4.79 Å². The van der Waals surface area contributed by atoms with Gasteiger partial charge in [0.1, 0.15) is 0 Å². The Morgan fingerprint density at radius 1 is 1.47 bits per heavy atom. The Morgan fingerprint density at radius 3 is 2.88 bits per heavy atom. The lowest BCUT2D eigenvalue weighted by Gasteiger charge is -2.35. The number of rotatable bonds is 6. The first kappa shape index (κ1) is 14.5. The van der Waals surface area contributed by atoms with Gasteiger partial charge in [-0.15, -0.1) is 0 Å². The Hall–Kier alpha value is -0.610. The number of carbonyl (C=O) groups excluding carboxylic acids is 1. The Labute approximate surface area is 104 Å². The number of morpholine rings is 1. The van der Waals surface area contributed by atoms with Crippen molar-refractivity contribution in [2.75, 3.05) is 26.3 Å². The lowest BCUT2D eigenvalue weighted by molar-refractivity contribution is -0.139. The molecule has 0 aromatic heterocycles. The molecule has 0 aromatic carbocycles. The van der Waals surface area contributed by atoms with Crippen LogP contribution in [0.1, 0.15) is 39.5 Å². The molecule has 1 aliphatic rings. The third-order valence-electron chi connectivity index (χ3n) is 3.24. The summed E-state index contributed by atoms with van der Waals surface area (Å²) in [7, 11) is 0. The van der Waals surface area contributed by atoms with Crippen molar-refractivity contribution >= 4 is 5.91 Å². The fourth-order valence-electron chi connectivity index (χ4n) is 2.15. The fourth-order valence-corrected chi connectivity index (χ4v) is 2.15. The van der Waals surface area contributed by atoms with Gasteiger partial charge in [-0.05, 0) is 12.3 Å². The fraction of sp³-hybridized carbons (Fsp3) is 0.923. The maximum absolute atomic E-state index is 12.0. The quantitative estimate of drug-likeness (QED) is 0.716. The molecule has 1 aliphatic heterocycles. The molecule has 17 heavy (non-hydrogen) atoms. The third kappa shape index (κ3) is 5.04. The Kier molecular flexibility index (Phi) is 6.52. The van der Waals surface area contributed by atoms with Crippen LogP contribution in [0.5, 0.6) is 0 Å². The van der Waals surface area contributed by atoms with Crippen LogP contribution in [0, 0.1) is 5.92 Å². The molecule has 100 valence electrons. The van der Waals surface area contributed by atoms with E-state index in [1.807, 2.05) is 4.90 Å². The highest BCUT2D eigenvalue weighted by molar-refractivity contribution is 5.76. The standard InChI is InChI=1S/C13H26N2O2/c1-11(2)5-3-4-6-13(16)15-7-8-17-10-12(15)9-14/h11-12H,3-10,14H2,1-2H3. The lowest BCUT2D eigenvalue weighted by atomic mass is 10.0. The van der Waals surface area contributed by atoms with E-state index in [0.717, 1.165) is 18.8 Å². The molecular weight excluding hydrogens is 216 g/mol. The van der Waals surface area contributed by atoms with E-state index in [1.165, 1.54) is 6.42 Å². The van der Waals surface area contributed by atoms with E-state index >= 15 is 0 Å². The zero-order valence-corrected chi connectivity index (χ0v) is 11.2. The van der Waals surface area contributed by atoms with Gasteiger partial charge in [-0.25, -0.2) is 0 Å². The first-order valence-electron chi connectivity index (χ1n) is 6.72. The molecule has 0 aromatic rings. The molecule has 2 N–H and O–H groups in total. The van der Waals surface area contributed by atoms with Crippen molar-refractivity contribution in [1.82, 2.24) is 4.90 Å². The van der Waals surface area contributed by atoms with Crippen LogP contribution in [0.15, 0.2) is 0 Å². The molecule has 0 aliphatic carbocycles. The molecule has 0 spiro atoms. The van der Waals surface area contributed by atoms with Gasteiger partial charge >= 0.3 is 0 Å². The van der Waals surface area contributed by atoms with E-state index in [0.29, 0.717) is 32.7 Å². The number of amides is 1. The minimum absolute atomic E-state index is 0.0846. The number of nitrogens with two attached hydrogens (primary N) is 1. The van der Waals surface area contributed by atoms with E-state index < -0.39 is 0 Å². The van der Waals surface area contributed by atoms with Gasteiger partial charge in [0.05, 0.1) is 19.3 Å². The zero-order valence-electron chi connectivity index (χ0n) is 11.2. The summed E-state index contributed by atoms with van der Waals surface area (Å²) >= 11 is 0. The Bertz CT molecular complexity index is 231. The average molecular weight is 242 g/mol. The summed E-state index contributed by atoms with van der Waals surface area (Å²) in [5.41, 5.74) is 5.65. The van der Waals surface area contributed by atoms with Gasteiger partial charge in [0.2, 0.25) is 5.91 Å². The predicted octanol–water partition coefficient (Wildman–Crippen LogP) is 1.39. The summed E-state index contributed by atoms with van der Waals surface area (Å²) in [6.07, 6.45) is 3.99. The van der Waals surface area contributed by atoms with Crippen molar-refractivity contribution < 1.29 is 9.53 Å². The van der Waals surface area contributed by atoms with Crippen LogP contribution in [0.3, 0.4) is 0 Å². The van der Waals surface area contributed by atoms with E-state index in [9.17, 15) is 4.79 Å². The number of ether oxygens (including phenoxy) is 1. The van der Waals surface area contributed by atoms with Crippen molar-refractivity contribution in [2.24, 2.45) is 11.7 Å². The summed E-state index contributed by atoms with van der Waals surface area (Å²) in [6, 6.07) is 0.0846. The molecule has 4 heteroatoms. The van der Waals surface area contributed by atoms with Gasteiger partial charge < -0.3 is 15.4 Å². The summed E-state index contributed by atoms with van der Waals surface area (Å²) in [4.78, 5) is 13.9. The third-order valence-corrected chi connectivity index (χ3v) is 3.24. The van der Waals surface area contributed by atoms with Crippen molar-refractivity contribution in [3.8, 4) is 0 Å². The molecule has 0 saturated carbocycles. The van der Waals surface area contributed by atoms with Crippen molar-refractivity contribution in [3.63, 3.8) is 0 Å². The molecule has 1 heterocycles. The van der Waals surface area contributed by atoms with Gasteiger partial charge in [0, 0.05) is 19.5 Å². The van der Waals surface area contributed by atoms with Crippen LogP contribution in [-0.2, 0) is 9.53 Å². The molecule has 0 bridgehead atoms. The Morgan fingerprint density at radius 2 is 2.24 bits per heavy atom. The minimum atomic E-state index is 0.0846. The molecule has 4 nitrogen and oxygen atoms in total. The number of unbranched alkanes of at least 4 members (excludes halogenated alkanes) is 1. The predicted molar refractivity (Wildman–Crippen MR) is 68.7 cm³/mol.